The molecule has 0 unspecified atom stereocenters. The minimum atomic E-state index is -0.310. The Morgan fingerprint density at radius 2 is 2.44 bits per heavy atom. The van der Waals surface area contributed by atoms with Crippen molar-refractivity contribution in [2.24, 2.45) is 0 Å². The van der Waals surface area contributed by atoms with Gasteiger partial charge >= 0.3 is 5.97 Å². The number of rotatable bonds is 4. The number of methoxy groups -OCH3 is 1. The molecule has 84 valence electrons. The number of pyridine rings is 1. The number of hydrogen-bond acceptors (Lipinski definition) is 5. The van der Waals surface area contributed by atoms with Crippen LogP contribution < -0.4 is 5.32 Å². The molecule has 0 fully saturated rings. The Labute approximate surface area is 98.0 Å². The Bertz CT molecular complexity index is 429. The maximum absolute atomic E-state index is 10.8. The van der Waals surface area contributed by atoms with Crippen molar-refractivity contribution in [2.45, 2.75) is 6.42 Å². The molecular formula is C10H10ClN3O2. The van der Waals surface area contributed by atoms with Gasteiger partial charge in [-0.1, -0.05) is 11.6 Å². The molecule has 0 spiro atoms. The molecule has 0 aliphatic heterocycles. The molecule has 0 bridgehead atoms. The first-order valence-corrected chi connectivity index (χ1v) is 4.92. The molecular weight excluding hydrogens is 230 g/mol. The second kappa shape index (κ2) is 5.93. The molecule has 1 aromatic heterocycles. The van der Waals surface area contributed by atoms with Crippen LogP contribution in [0.15, 0.2) is 12.1 Å². The highest BCUT2D eigenvalue weighted by Crippen LogP contribution is 2.13. The van der Waals surface area contributed by atoms with Crippen LogP contribution >= 0.6 is 11.6 Å². The normalized spacial score (nSPS) is 9.31. The summed E-state index contributed by atoms with van der Waals surface area (Å²) in [5, 5.41) is 11.8. The predicted molar refractivity (Wildman–Crippen MR) is 59.1 cm³/mol. The fourth-order valence-electron chi connectivity index (χ4n) is 1.05. The van der Waals surface area contributed by atoms with E-state index in [2.05, 4.69) is 15.0 Å². The average molecular weight is 240 g/mol. The van der Waals surface area contributed by atoms with Gasteiger partial charge in [-0.05, 0) is 12.1 Å². The number of aromatic nitrogens is 1. The maximum Gasteiger partial charge on any atom is 0.307 e. The van der Waals surface area contributed by atoms with Crippen LogP contribution in [0.25, 0.3) is 0 Å². The van der Waals surface area contributed by atoms with Gasteiger partial charge in [-0.2, -0.15) is 5.26 Å². The fraction of sp³-hybridized carbons (Fsp3) is 0.300. The van der Waals surface area contributed by atoms with Crippen molar-refractivity contribution in [1.29, 1.82) is 5.26 Å². The van der Waals surface area contributed by atoms with E-state index < -0.39 is 0 Å². The van der Waals surface area contributed by atoms with E-state index in [1.165, 1.54) is 13.2 Å². The van der Waals surface area contributed by atoms with Gasteiger partial charge in [-0.25, -0.2) is 4.98 Å². The highest BCUT2D eigenvalue weighted by atomic mass is 35.5. The number of carbonyl (C=O) groups excluding carboxylic acids is 1. The molecule has 0 atom stereocenters. The molecule has 0 aliphatic rings. The maximum atomic E-state index is 10.8. The molecule has 0 saturated heterocycles. The third-order valence-corrected chi connectivity index (χ3v) is 1.98. The zero-order valence-electron chi connectivity index (χ0n) is 8.66. The Morgan fingerprint density at radius 1 is 1.69 bits per heavy atom. The molecule has 5 nitrogen and oxygen atoms in total. The number of carbonyl (C=O) groups is 1. The highest BCUT2D eigenvalue weighted by molar-refractivity contribution is 6.29. The third kappa shape index (κ3) is 3.75. The smallest absolute Gasteiger partial charge is 0.307 e. The van der Waals surface area contributed by atoms with Crippen LogP contribution in [0.2, 0.25) is 5.15 Å². The van der Waals surface area contributed by atoms with E-state index in [1.807, 2.05) is 6.07 Å². The molecule has 1 aromatic rings. The second-order valence-electron chi connectivity index (χ2n) is 2.93. The summed E-state index contributed by atoms with van der Waals surface area (Å²) in [6.07, 6.45) is 0.229. The minimum Gasteiger partial charge on any atom is -0.469 e. The number of halogens is 1. The Kier molecular flexibility index (Phi) is 4.55. The van der Waals surface area contributed by atoms with Crippen molar-refractivity contribution in [3.63, 3.8) is 0 Å². The van der Waals surface area contributed by atoms with Crippen LogP contribution in [-0.2, 0) is 9.53 Å². The van der Waals surface area contributed by atoms with Gasteiger partial charge in [0.05, 0.1) is 25.2 Å². The lowest BCUT2D eigenvalue weighted by Crippen LogP contribution is -2.10. The molecule has 1 heterocycles. The minimum absolute atomic E-state index is 0.229. The highest BCUT2D eigenvalue weighted by Gasteiger charge is 2.02. The summed E-state index contributed by atoms with van der Waals surface area (Å²) in [5.74, 6) is 0.156. The lowest BCUT2D eigenvalue weighted by atomic mass is 10.3. The first-order valence-electron chi connectivity index (χ1n) is 4.54. The van der Waals surface area contributed by atoms with E-state index in [9.17, 15) is 4.79 Å². The van der Waals surface area contributed by atoms with Gasteiger partial charge in [0.15, 0.2) is 0 Å². The molecule has 0 radical (unpaired) electrons. The number of esters is 1. The molecule has 6 heteroatoms. The monoisotopic (exact) mass is 239 g/mol. The first-order chi connectivity index (χ1) is 7.65. The van der Waals surface area contributed by atoms with Crippen LogP contribution in [-0.4, -0.2) is 24.6 Å². The van der Waals surface area contributed by atoms with Gasteiger partial charge in [-0.15, -0.1) is 0 Å². The van der Waals surface area contributed by atoms with E-state index in [1.54, 1.807) is 6.07 Å². The molecule has 16 heavy (non-hydrogen) atoms. The van der Waals surface area contributed by atoms with Crippen molar-refractivity contribution < 1.29 is 9.53 Å². The van der Waals surface area contributed by atoms with E-state index >= 15 is 0 Å². The number of hydrogen-bond donors (Lipinski definition) is 1. The fourth-order valence-corrected chi connectivity index (χ4v) is 1.26. The quantitative estimate of drug-likeness (QED) is 0.638. The molecule has 1 rings (SSSR count). The van der Waals surface area contributed by atoms with E-state index in [0.29, 0.717) is 17.9 Å². The zero-order valence-corrected chi connectivity index (χ0v) is 9.41. The largest absolute Gasteiger partial charge is 0.469 e. The van der Waals surface area contributed by atoms with Gasteiger partial charge in [0.1, 0.15) is 11.0 Å². The number of nitriles is 1. The SMILES string of the molecule is COC(=O)CCNc1cc(C#N)cc(Cl)n1. The van der Waals surface area contributed by atoms with Crippen LogP contribution in [0.1, 0.15) is 12.0 Å². The molecule has 0 amide bonds. The summed E-state index contributed by atoms with van der Waals surface area (Å²) in [6.45, 7) is 0.380. The van der Waals surface area contributed by atoms with Crippen LogP contribution in [0, 0.1) is 11.3 Å². The van der Waals surface area contributed by atoms with Crippen molar-refractivity contribution in [1.82, 2.24) is 4.98 Å². The van der Waals surface area contributed by atoms with Gasteiger partial charge in [0.2, 0.25) is 0 Å². The van der Waals surface area contributed by atoms with Crippen molar-refractivity contribution in [3.8, 4) is 6.07 Å². The molecule has 1 N–H and O–H groups in total. The van der Waals surface area contributed by atoms with E-state index in [-0.39, 0.29) is 17.5 Å². The van der Waals surface area contributed by atoms with Crippen molar-refractivity contribution in [3.05, 3.63) is 22.8 Å². The Morgan fingerprint density at radius 3 is 3.06 bits per heavy atom. The lowest BCUT2D eigenvalue weighted by molar-refractivity contribution is -0.140. The van der Waals surface area contributed by atoms with Gasteiger partial charge in [0.25, 0.3) is 0 Å². The van der Waals surface area contributed by atoms with E-state index in [4.69, 9.17) is 16.9 Å². The lowest BCUT2D eigenvalue weighted by Gasteiger charge is -2.05. The molecule has 0 aliphatic carbocycles. The standard InChI is InChI=1S/C10H10ClN3O2/c1-16-10(15)2-3-13-9-5-7(6-12)4-8(11)14-9/h4-5H,2-3H2,1H3,(H,13,14). The van der Waals surface area contributed by atoms with Crippen LogP contribution in [0.4, 0.5) is 5.82 Å². The Hall–Kier alpha value is -1.80. The topological polar surface area (TPSA) is 75.0 Å². The predicted octanol–water partition coefficient (Wildman–Crippen LogP) is 1.58. The second-order valence-corrected chi connectivity index (χ2v) is 3.32. The zero-order chi connectivity index (χ0) is 12.0. The van der Waals surface area contributed by atoms with Gasteiger partial charge in [-0.3, -0.25) is 4.79 Å². The van der Waals surface area contributed by atoms with Crippen molar-refractivity contribution in [2.75, 3.05) is 19.0 Å². The third-order valence-electron chi connectivity index (χ3n) is 1.79. The van der Waals surface area contributed by atoms with Gasteiger partial charge in [0, 0.05) is 6.54 Å². The number of nitrogens with zero attached hydrogens (tertiary/aromatic N) is 2. The summed E-state index contributed by atoms with van der Waals surface area (Å²) in [7, 11) is 1.33. The number of anilines is 1. The summed E-state index contributed by atoms with van der Waals surface area (Å²) in [5.41, 5.74) is 0.417. The van der Waals surface area contributed by atoms with Gasteiger partial charge < -0.3 is 10.1 Å². The Balaban J connectivity index is 2.57. The van der Waals surface area contributed by atoms with Crippen LogP contribution in [0.5, 0.6) is 0 Å². The summed E-state index contributed by atoms with van der Waals surface area (Å²) < 4.78 is 4.48. The summed E-state index contributed by atoms with van der Waals surface area (Å²) in [6, 6.07) is 4.99. The van der Waals surface area contributed by atoms with E-state index in [0.717, 1.165) is 0 Å². The first kappa shape index (κ1) is 12.3. The van der Waals surface area contributed by atoms with Crippen molar-refractivity contribution >= 4 is 23.4 Å². The van der Waals surface area contributed by atoms with Crippen LogP contribution in [0.3, 0.4) is 0 Å². The number of ether oxygens (including phenoxy) is 1. The molecule has 0 saturated carbocycles. The number of nitrogens with one attached hydrogen (secondary N) is 1. The summed E-state index contributed by atoms with van der Waals surface area (Å²) >= 11 is 5.70. The summed E-state index contributed by atoms with van der Waals surface area (Å²) in [4.78, 5) is 14.8. The average Bonchev–Trinajstić information content (AvgIpc) is 2.28. The molecule has 0 aromatic carbocycles.